The topological polar surface area (TPSA) is 105 Å². The number of anilines is 1. The second-order valence-corrected chi connectivity index (χ2v) is 10.0. The summed E-state index contributed by atoms with van der Waals surface area (Å²) in [4.78, 5) is 30.5. The number of pyridine rings is 2. The summed E-state index contributed by atoms with van der Waals surface area (Å²) >= 11 is 2.33. The first-order valence-electron chi connectivity index (χ1n) is 10.5. The van der Waals surface area contributed by atoms with Crippen molar-refractivity contribution < 1.29 is 0 Å². The normalized spacial score (nSPS) is 15.4. The van der Waals surface area contributed by atoms with Crippen molar-refractivity contribution in [3.05, 3.63) is 43.4 Å². The van der Waals surface area contributed by atoms with Gasteiger partial charge >= 0.3 is 0 Å². The Morgan fingerprint density at radius 1 is 1.00 bits per heavy atom. The van der Waals surface area contributed by atoms with Crippen LogP contribution < -0.4 is 4.90 Å². The molecule has 166 valence electrons. The summed E-state index contributed by atoms with van der Waals surface area (Å²) in [6.07, 6.45) is 11.1. The summed E-state index contributed by atoms with van der Waals surface area (Å²) < 4.78 is 1.97. The molecule has 10 nitrogen and oxygen atoms in total. The van der Waals surface area contributed by atoms with Crippen molar-refractivity contribution in [2.75, 3.05) is 38.1 Å². The SMILES string of the molecule is CN1CCN(c2cncc3[nH]c(-c4nn(PI)c5cnc(-c6cncnc6)cc45)nc23)CC1. The number of halogens is 1. The quantitative estimate of drug-likeness (QED) is 0.259. The molecule has 1 unspecified atom stereocenters. The molecule has 6 rings (SSSR count). The molecule has 0 radical (unpaired) electrons. The summed E-state index contributed by atoms with van der Waals surface area (Å²) in [7, 11) is 2.16. The summed E-state index contributed by atoms with van der Waals surface area (Å²) in [5.74, 6) is 0.730. The molecule has 0 spiro atoms. The Morgan fingerprint density at radius 3 is 2.61 bits per heavy atom. The van der Waals surface area contributed by atoms with E-state index in [1.165, 1.54) is 6.33 Å². The Morgan fingerprint density at radius 2 is 1.82 bits per heavy atom. The van der Waals surface area contributed by atoms with E-state index in [0.717, 1.165) is 76.6 Å². The van der Waals surface area contributed by atoms with E-state index in [1.54, 1.807) is 12.4 Å². The number of aromatic amines is 1. The molecule has 33 heavy (non-hydrogen) atoms. The standard InChI is InChI=1S/C21H20IN10P/c1-30-2-4-31(5-3-30)18-10-23-9-16-20(18)28-21(27-16)19-14-6-15(13-7-24-12-25-8-13)26-11-17(14)32(29-19)33-22/h6-12,33H,2-5H2,1H3,(H,27,28). The molecule has 1 N–H and O–H groups in total. The van der Waals surface area contributed by atoms with Crippen LogP contribution in [0, 0.1) is 0 Å². The van der Waals surface area contributed by atoms with Gasteiger partial charge in [-0.15, -0.1) is 0 Å². The summed E-state index contributed by atoms with van der Waals surface area (Å²) in [5.41, 5.74) is 6.33. The van der Waals surface area contributed by atoms with Crippen LogP contribution in [0.2, 0.25) is 0 Å². The van der Waals surface area contributed by atoms with Gasteiger partial charge in [-0.3, -0.25) is 9.97 Å². The first-order valence-corrected chi connectivity index (χ1v) is 14.6. The number of aromatic nitrogens is 8. The Hall–Kier alpha value is -2.76. The number of nitrogens with one attached hydrogen (secondary N) is 1. The largest absolute Gasteiger partial charge is 0.366 e. The van der Waals surface area contributed by atoms with Crippen LogP contribution in [0.4, 0.5) is 5.69 Å². The maximum Gasteiger partial charge on any atom is 0.159 e. The summed E-state index contributed by atoms with van der Waals surface area (Å²) in [5, 5.41) is 5.86. The van der Waals surface area contributed by atoms with Gasteiger partial charge in [0, 0.05) is 49.5 Å². The highest BCUT2D eigenvalue weighted by atomic mass is 127. The molecule has 1 aliphatic heterocycles. The molecule has 0 saturated carbocycles. The third-order valence-corrected chi connectivity index (χ3v) is 7.82. The Bertz CT molecular complexity index is 1440. The fourth-order valence-electron chi connectivity index (χ4n) is 4.15. The number of H-pyrrole nitrogens is 1. The molecule has 0 amide bonds. The van der Waals surface area contributed by atoms with E-state index in [1.807, 2.05) is 29.1 Å². The average molecular weight is 570 g/mol. The van der Waals surface area contributed by atoms with Crippen molar-refractivity contribution in [2.24, 2.45) is 0 Å². The Labute approximate surface area is 204 Å². The van der Waals surface area contributed by atoms with E-state index in [9.17, 15) is 0 Å². The Kier molecular flexibility index (Phi) is 5.39. The second kappa shape index (κ2) is 8.54. The van der Waals surface area contributed by atoms with Crippen molar-refractivity contribution in [1.29, 1.82) is 0 Å². The highest BCUT2D eigenvalue weighted by molar-refractivity contribution is 14.2. The first kappa shape index (κ1) is 20.8. The van der Waals surface area contributed by atoms with Gasteiger partial charge in [0.25, 0.3) is 0 Å². The van der Waals surface area contributed by atoms with Crippen molar-refractivity contribution >= 4 is 56.0 Å². The van der Waals surface area contributed by atoms with Gasteiger partial charge in [0.2, 0.25) is 0 Å². The number of rotatable bonds is 4. The predicted molar refractivity (Wildman–Crippen MR) is 139 cm³/mol. The highest BCUT2D eigenvalue weighted by Crippen LogP contribution is 2.36. The highest BCUT2D eigenvalue weighted by Gasteiger charge is 2.21. The van der Waals surface area contributed by atoms with Gasteiger partial charge < -0.3 is 14.8 Å². The van der Waals surface area contributed by atoms with Gasteiger partial charge in [-0.1, -0.05) is 0 Å². The third-order valence-electron chi connectivity index (χ3n) is 5.95. The number of imidazole rings is 1. The molecule has 1 atom stereocenters. The molecule has 0 aliphatic carbocycles. The van der Waals surface area contributed by atoms with Crippen LogP contribution in [0.15, 0.2) is 43.4 Å². The van der Waals surface area contributed by atoms with Gasteiger partial charge in [0.05, 0.1) is 47.4 Å². The molecule has 1 aliphatic rings. The predicted octanol–water partition coefficient (Wildman–Crippen LogP) is 3.37. The fourth-order valence-corrected chi connectivity index (χ4v) is 5.66. The van der Waals surface area contributed by atoms with Crippen LogP contribution >= 0.6 is 28.4 Å². The van der Waals surface area contributed by atoms with E-state index in [-0.39, 0.29) is 0 Å². The molecular formula is C21H20IN10P. The van der Waals surface area contributed by atoms with Gasteiger partial charge in [0.15, 0.2) is 5.82 Å². The van der Waals surface area contributed by atoms with E-state index in [4.69, 9.17) is 10.1 Å². The zero-order valence-corrected chi connectivity index (χ0v) is 20.9. The summed E-state index contributed by atoms with van der Waals surface area (Å²) in [6, 6.07) is 2.04. The average Bonchev–Trinajstić information content (AvgIpc) is 3.46. The lowest BCUT2D eigenvalue weighted by atomic mass is 10.1. The molecule has 1 fully saturated rings. The van der Waals surface area contributed by atoms with Crippen LogP contribution in [-0.2, 0) is 0 Å². The minimum Gasteiger partial charge on any atom is -0.366 e. The number of hydrogen-bond donors (Lipinski definition) is 1. The minimum atomic E-state index is 0.444. The molecule has 5 aromatic rings. The molecule has 0 bridgehead atoms. The van der Waals surface area contributed by atoms with E-state index < -0.39 is 0 Å². The van der Waals surface area contributed by atoms with E-state index in [2.05, 4.69) is 63.8 Å². The van der Waals surface area contributed by atoms with Crippen molar-refractivity contribution in [1.82, 2.24) is 44.4 Å². The zero-order chi connectivity index (χ0) is 22.4. The maximum absolute atomic E-state index is 5.01. The van der Waals surface area contributed by atoms with Gasteiger partial charge in [-0.25, -0.2) is 19.4 Å². The zero-order valence-electron chi connectivity index (χ0n) is 17.8. The monoisotopic (exact) mass is 570 g/mol. The van der Waals surface area contributed by atoms with E-state index in [0.29, 0.717) is 6.37 Å². The number of piperazine rings is 1. The molecule has 12 heteroatoms. The lowest BCUT2D eigenvalue weighted by Gasteiger charge is -2.33. The minimum absolute atomic E-state index is 0.444. The molecule has 1 saturated heterocycles. The lowest BCUT2D eigenvalue weighted by molar-refractivity contribution is 0.313. The van der Waals surface area contributed by atoms with Crippen LogP contribution in [0.3, 0.4) is 0 Å². The number of nitrogens with zero attached hydrogens (tertiary/aromatic N) is 9. The Balaban J connectivity index is 1.48. The second-order valence-electron chi connectivity index (χ2n) is 7.99. The maximum atomic E-state index is 5.01. The first-order chi connectivity index (χ1) is 16.2. The molecule has 5 aromatic heterocycles. The number of hydrogen-bond acceptors (Lipinski definition) is 8. The number of fused-ring (bicyclic) bond motifs is 2. The fraction of sp³-hybridized carbons (Fsp3) is 0.238. The third kappa shape index (κ3) is 3.73. The van der Waals surface area contributed by atoms with E-state index >= 15 is 0 Å². The lowest BCUT2D eigenvalue weighted by Crippen LogP contribution is -2.44. The molecule has 6 heterocycles. The van der Waals surface area contributed by atoms with Crippen LogP contribution in [0.25, 0.3) is 44.7 Å². The van der Waals surface area contributed by atoms with Crippen molar-refractivity contribution in [3.8, 4) is 22.8 Å². The number of likely N-dealkylation sites (N-methyl/N-ethyl adjacent to an activating group) is 1. The molecule has 0 aromatic carbocycles. The summed E-state index contributed by atoms with van der Waals surface area (Å²) in [6.45, 7) is 3.97. The van der Waals surface area contributed by atoms with Gasteiger partial charge in [-0.2, -0.15) is 5.10 Å². The van der Waals surface area contributed by atoms with Gasteiger partial charge in [0.1, 0.15) is 17.5 Å². The van der Waals surface area contributed by atoms with Crippen LogP contribution in [0.1, 0.15) is 0 Å². The smallest absolute Gasteiger partial charge is 0.159 e. The van der Waals surface area contributed by atoms with Gasteiger partial charge in [-0.05, 0) is 35.2 Å². The van der Waals surface area contributed by atoms with Crippen molar-refractivity contribution in [3.63, 3.8) is 0 Å². The van der Waals surface area contributed by atoms with Crippen LogP contribution in [-0.4, -0.2) is 77.6 Å². The van der Waals surface area contributed by atoms with Crippen LogP contribution in [0.5, 0.6) is 0 Å². The molecular weight excluding hydrogens is 550 g/mol. The van der Waals surface area contributed by atoms with Crippen molar-refractivity contribution in [2.45, 2.75) is 0 Å².